The van der Waals surface area contributed by atoms with Gasteiger partial charge in [-0.3, -0.25) is 4.79 Å². The Morgan fingerprint density at radius 2 is 2.10 bits per heavy atom. The van der Waals surface area contributed by atoms with Crippen LogP contribution >= 0.6 is 0 Å². The Morgan fingerprint density at radius 3 is 2.76 bits per heavy atom. The Morgan fingerprint density at radius 1 is 1.24 bits per heavy atom. The summed E-state index contributed by atoms with van der Waals surface area (Å²) in [5.74, 6) is 0.0233. The van der Waals surface area contributed by atoms with E-state index in [1.54, 1.807) is 6.07 Å². The average Bonchev–Trinajstić information content (AvgIpc) is 3.22. The third kappa shape index (κ3) is 3.34. The number of amides is 1. The second kappa shape index (κ2) is 6.59. The molecule has 4 nitrogen and oxygen atoms in total. The number of benzene rings is 1. The lowest BCUT2D eigenvalue weighted by Gasteiger charge is -2.27. The van der Waals surface area contributed by atoms with Crippen molar-refractivity contribution in [2.24, 2.45) is 0 Å². The smallest absolute Gasteiger partial charge is 0.257 e. The van der Waals surface area contributed by atoms with Gasteiger partial charge in [-0.1, -0.05) is 30.3 Å². The molecule has 2 heterocycles. The van der Waals surface area contributed by atoms with Crippen LogP contribution in [0, 0.1) is 0 Å². The summed E-state index contributed by atoms with van der Waals surface area (Å²) in [5.41, 5.74) is 1.84. The Hall–Kier alpha value is -2.07. The van der Waals surface area contributed by atoms with Crippen molar-refractivity contribution in [3.63, 3.8) is 0 Å². The number of carbonyl (C=O) groups excluding carboxylic acids is 1. The van der Waals surface area contributed by atoms with Gasteiger partial charge in [0.05, 0.1) is 24.5 Å². The minimum atomic E-state index is 0.0233. The molecule has 0 aliphatic carbocycles. The first-order valence-corrected chi connectivity index (χ1v) is 7.29. The molecule has 0 saturated carbocycles. The maximum Gasteiger partial charge on any atom is 0.257 e. The predicted molar refractivity (Wildman–Crippen MR) is 79.1 cm³/mol. The van der Waals surface area contributed by atoms with E-state index in [0.717, 1.165) is 19.4 Å². The fourth-order valence-electron chi connectivity index (χ4n) is 2.66. The molecule has 1 aromatic carbocycles. The Bertz CT molecular complexity index is 559. The normalized spacial score (nSPS) is 17.8. The SMILES string of the molecule is O=C(c1ccoc1)N(CCc1ccccc1)[C@@H]1CCOC1. The standard InChI is InChI=1S/C17H19NO3/c19-17(15-7-10-20-12-15)18(16-8-11-21-13-16)9-6-14-4-2-1-3-5-14/h1-5,7,10,12,16H,6,8-9,11,13H2/t16-/m1/s1. The third-order valence-electron chi connectivity index (χ3n) is 3.86. The van der Waals surface area contributed by atoms with E-state index in [-0.39, 0.29) is 11.9 Å². The topological polar surface area (TPSA) is 42.7 Å². The van der Waals surface area contributed by atoms with Crippen molar-refractivity contribution in [3.8, 4) is 0 Å². The molecule has 1 fully saturated rings. The maximum absolute atomic E-state index is 12.6. The summed E-state index contributed by atoms with van der Waals surface area (Å²) < 4.78 is 10.5. The zero-order valence-electron chi connectivity index (χ0n) is 11.9. The quantitative estimate of drug-likeness (QED) is 0.848. The second-order valence-corrected chi connectivity index (χ2v) is 5.26. The van der Waals surface area contributed by atoms with Crippen molar-refractivity contribution < 1.29 is 13.9 Å². The fraction of sp³-hybridized carbons (Fsp3) is 0.353. The van der Waals surface area contributed by atoms with Crippen LogP contribution in [0.3, 0.4) is 0 Å². The number of hydrogen-bond donors (Lipinski definition) is 0. The van der Waals surface area contributed by atoms with Gasteiger partial charge in [-0.15, -0.1) is 0 Å². The van der Waals surface area contributed by atoms with Crippen LogP contribution in [-0.4, -0.2) is 36.6 Å². The predicted octanol–water partition coefficient (Wildman–Crippen LogP) is 2.75. The van der Waals surface area contributed by atoms with E-state index in [4.69, 9.17) is 9.15 Å². The summed E-state index contributed by atoms with van der Waals surface area (Å²) in [4.78, 5) is 14.5. The first kappa shape index (κ1) is 13.9. The van der Waals surface area contributed by atoms with Crippen molar-refractivity contribution in [3.05, 3.63) is 60.1 Å². The molecule has 2 aromatic rings. The van der Waals surface area contributed by atoms with Crippen LogP contribution < -0.4 is 0 Å². The van der Waals surface area contributed by atoms with Gasteiger partial charge in [-0.25, -0.2) is 0 Å². The van der Waals surface area contributed by atoms with E-state index in [0.29, 0.717) is 18.7 Å². The summed E-state index contributed by atoms with van der Waals surface area (Å²) in [6, 6.07) is 12.1. The summed E-state index contributed by atoms with van der Waals surface area (Å²) in [6.07, 6.45) is 4.79. The molecule has 21 heavy (non-hydrogen) atoms. The molecule has 4 heteroatoms. The molecule has 1 aliphatic heterocycles. The molecule has 0 N–H and O–H groups in total. The molecule has 0 radical (unpaired) electrons. The molecule has 0 bridgehead atoms. The van der Waals surface area contributed by atoms with E-state index < -0.39 is 0 Å². The Labute approximate surface area is 124 Å². The first-order valence-electron chi connectivity index (χ1n) is 7.29. The summed E-state index contributed by atoms with van der Waals surface area (Å²) in [7, 11) is 0. The lowest BCUT2D eigenvalue weighted by atomic mass is 10.1. The Balaban J connectivity index is 1.71. The highest BCUT2D eigenvalue weighted by Crippen LogP contribution is 2.17. The molecule has 110 valence electrons. The number of furan rings is 1. The van der Waals surface area contributed by atoms with Crippen LogP contribution in [-0.2, 0) is 11.2 Å². The van der Waals surface area contributed by atoms with E-state index in [9.17, 15) is 4.79 Å². The monoisotopic (exact) mass is 285 g/mol. The van der Waals surface area contributed by atoms with Crippen molar-refractivity contribution in [1.29, 1.82) is 0 Å². The van der Waals surface area contributed by atoms with Crippen LogP contribution in [0.2, 0.25) is 0 Å². The molecular weight excluding hydrogens is 266 g/mol. The van der Waals surface area contributed by atoms with E-state index >= 15 is 0 Å². The van der Waals surface area contributed by atoms with Gasteiger partial charge >= 0.3 is 0 Å². The molecule has 1 atom stereocenters. The zero-order valence-corrected chi connectivity index (χ0v) is 11.9. The minimum absolute atomic E-state index is 0.0233. The minimum Gasteiger partial charge on any atom is -0.472 e. The lowest BCUT2D eigenvalue weighted by molar-refractivity contribution is 0.0655. The highest BCUT2D eigenvalue weighted by Gasteiger charge is 2.28. The molecule has 1 amide bonds. The van der Waals surface area contributed by atoms with E-state index in [2.05, 4.69) is 12.1 Å². The summed E-state index contributed by atoms with van der Waals surface area (Å²) in [5, 5.41) is 0. The lowest BCUT2D eigenvalue weighted by Crippen LogP contribution is -2.41. The van der Waals surface area contributed by atoms with Crippen LogP contribution in [0.5, 0.6) is 0 Å². The number of hydrogen-bond acceptors (Lipinski definition) is 3. The van der Waals surface area contributed by atoms with Crippen molar-refractivity contribution in [2.45, 2.75) is 18.9 Å². The molecule has 1 aliphatic rings. The highest BCUT2D eigenvalue weighted by atomic mass is 16.5. The van der Waals surface area contributed by atoms with Crippen LogP contribution in [0.15, 0.2) is 53.3 Å². The maximum atomic E-state index is 12.6. The van der Waals surface area contributed by atoms with Crippen LogP contribution in [0.25, 0.3) is 0 Å². The summed E-state index contributed by atoms with van der Waals surface area (Å²) in [6.45, 7) is 2.05. The molecule has 0 unspecified atom stereocenters. The molecular formula is C17H19NO3. The van der Waals surface area contributed by atoms with Crippen molar-refractivity contribution >= 4 is 5.91 Å². The average molecular weight is 285 g/mol. The van der Waals surface area contributed by atoms with Gasteiger partial charge in [0.1, 0.15) is 6.26 Å². The molecule has 1 saturated heterocycles. The number of rotatable bonds is 5. The first-order chi connectivity index (χ1) is 10.3. The van der Waals surface area contributed by atoms with Gasteiger partial charge in [0, 0.05) is 13.2 Å². The highest BCUT2D eigenvalue weighted by molar-refractivity contribution is 5.94. The van der Waals surface area contributed by atoms with Gasteiger partial charge in [0.25, 0.3) is 5.91 Å². The zero-order chi connectivity index (χ0) is 14.5. The van der Waals surface area contributed by atoms with Crippen LogP contribution in [0.4, 0.5) is 0 Å². The fourth-order valence-corrected chi connectivity index (χ4v) is 2.66. The molecule has 3 rings (SSSR count). The molecule has 1 aromatic heterocycles. The Kier molecular flexibility index (Phi) is 4.36. The van der Waals surface area contributed by atoms with E-state index in [1.165, 1.54) is 18.1 Å². The van der Waals surface area contributed by atoms with Gasteiger partial charge in [-0.05, 0) is 24.5 Å². The number of nitrogens with zero attached hydrogens (tertiary/aromatic N) is 1. The second-order valence-electron chi connectivity index (χ2n) is 5.26. The molecule has 0 spiro atoms. The van der Waals surface area contributed by atoms with Gasteiger partial charge in [0.15, 0.2) is 0 Å². The van der Waals surface area contributed by atoms with Gasteiger partial charge in [-0.2, -0.15) is 0 Å². The van der Waals surface area contributed by atoms with Crippen molar-refractivity contribution in [1.82, 2.24) is 4.90 Å². The number of ether oxygens (including phenoxy) is 1. The van der Waals surface area contributed by atoms with Gasteiger partial charge < -0.3 is 14.1 Å². The summed E-state index contributed by atoms with van der Waals surface area (Å²) >= 11 is 0. The number of carbonyl (C=O) groups is 1. The van der Waals surface area contributed by atoms with Crippen LogP contribution in [0.1, 0.15) is 22.3 Å². The van der Waals surface area contributed by atoms with Crippen molar-refractivity contribution in [2.75, 3.05) is 19.8 Å². The van der Waals surface area contributed by atoms with E-state index in [1.807, 2.05) is 23.1 Å². The largest absolute Gasteiger partial charge is 0.472 e. The van der Waals surface area contributed by atoms with Gasteiger partial charge in [0.2, 0.25) is 0 Å². The third-order valence-corrected chi connectivity index (χ3v) is 3.86.